The predicted octanol–water partition coefficient (Wildman–Crippen LogP) is 1.78. The fourth-order valence-electron chi connectivity index (χ4n) is 3.53. The average molecular weight is 329 g/mol. The molecule has 0 aromatic heterocycles. The molecule has 0 radical (unpaired) electrons. The number of carbonyl (C=O) groups is 2. The van der Waals surface area contributed by atoms with Crippen LogP contribution in [0.1, 0.15) is 43.0 Å². The lowest BCUT2D eigenvalue weighted by Crippen LogP contribution is -2.55. The summed E-state index contributed by atoms with van der Waals surface area (Å²) in [5.41, 5.74) is 6.33. The Labute approximate surface area is 143 Å². The molecule has 2 aliphatic rings. The van der Waals surface area contributed by atoms with E-state index in [1.54, 1.807) is 0 Å². The second kappa shape index (κ2) is 6.93. The Balaban J connectivity index is 1.53. The summed E-state index contributed by atoms with van der Waals surface area (Å²) in [5, 5.41) is 3.18. The molecule has 1 unspecified atom stereocenters. The zero-order chi connectivity index (χ0) is 17.2. The van der Waals surface area contributed by atoms with Gasteiger partial charge in [0.25, 0.3) is 5.91 Å². The van der Waals surface area contributed by atoms with Crippen molar-refractivity contribution in [3.05, 3.63) is 35.9 Å². The van der Waals surface area contributed by atoms with Crippen molar-refractivity contribution in [2.24, 2.45) is 17.6 Å². The largest absolute Gasteiger partial charge is 0.349 e. The summed E-state index contributed by atoms with van der Waals surface area (Å²) in [6.45, 7) is 3.80. The number of nitrogens with zero attached hydrogens (tertiary/aromatic N) is 1. The van der Waals surface area contributed by atoms with Gasteiger partial charge in [-0.3, -0.25) is 9.59 Å². The van der Waals surface area contributed by atoms with Crippen LogP contribution in [0.3, 0.4) is 0 Å². The molecular weight excluding hydrogens is 302 g/mol. The first-order chi connectivity index (χ1) is 11.5. The molecule has 24 heavy (non-hydrogen) atoms. The molecule has 3 N–H and O–H groups in total. The maximum atomic E-state index is 12.6. The molecule has 1 aliphatic heterocycles. The third-order valence-corrected chi connectivity index (χ3v) is 5.48. The van der Waals surface area contributed by atoms with Gasteiger partial charge < -0.3 is 16.0 Å². The summed E-state index contributed by atoms with van der Waals surface area (Å²) in [6.07, 6.45) is 3.74. The summed E-state index contributed by atoms with van der Waals surface area (Å²) < 4.78 is 0. The van der Waals surface area contributed by atoms with Crippen molar-refractivity contribution in [1.29, 1.82) is 0 Å². The number of piperidine rings is 1. The zero-order valence-electron chi connectivity index (χ0n) is 14.3. The number of hydrogen-bond donors (Lipinski definition) is 2. The summed E-state index contributed by atoms with van der Waals surface area (Å²) in [7, 11) is 0. The van der Waals surface area contributed by atoms with E-state index in [4.69, 9.17) is 5.73 Å². The Hall–Kier alpha value is -1.88. The lowest BCUT2D eigenvalue weighted by molar-refractivity contribution is -0.128. The van der Waals surface area contributed by atoms with Gasteiger partial charge in [-0.05, 0) is 50.7 Å². The number of amides is 2. The molecule has 2 amide bonds. The molecule has 0 spiro atoms. The molecule has 1 heterocycles. The molecule has 1 saturated heterocycles. The highest BCUT2D eigenvalue weighted by molar-refractivity contribution is 5.94. The maximum Gasteiger partial charge on any atom is 0.253 e. The molecule has 130 valence electrons. The monoisotopic (exact) mass is 329 g/mol. The standard InChI is InChI=1S/C19H27N3O2/c1-19(13-20,16-7-8-16)21-17(23)14-9-11-22(12-10-14)18(24)15-5-3-2-4-6-15/h2-6,14,16H,7-13,20H2,1H3,(H,21,23). The van der Waals surface area contributed by atoms with Crippen LogP contribution in [0, 0.1) is 11.8 Å². The van der Waals surface area contributed by atoms with Crippen molar-refractivity contribution in [3.63, 3.8) is 0 Å². The van der Waals surface area contributed by atoms with Gasteiger partial charge in [0.1, 0.15) is 0 Å². The highest BCUT2D eigenvalue weighted by atomic mass is 16.2. The lowest BCUT2D eigenvalue weighted by atomic mass is 9.91. The van der Waals surface area contributed by atoms with E-state index >= 15 is 0 Å². The summed E-state index contributed by atoms with van der Waals surface area (Å²) >= 11 is 0. The van der Waals surface area contributed by atoms with Crippen LogP contribution in [0.2, 0.25) is 0 Å². The minimum absolute atomic E-state index is 0.0190. The fraction of sp³-hybridized carbons (Fsp3) is 0.579. The minimum atomic E-state index is -0.270. The second-order valence-corrected chi connectivity index (χ2v) is 7.32. The van der Waals surface area contributed by atoms with E-state index in [1.807, 2.05) is 35.2 Å². The quantitative estimate of drug-likeness (QED) is 0.865. The number of nitrogens with one attached hydrogen (secondary N) is 1. The second-order valence-electron chi connectivity index (χ2n) is 7.32. The third-order valence-electron chi connectivity index (χ3n) is 5.48. The molecule has 1 atom stereocenters. The molecular formula is C19H27N3O2. The molecule has 3 rings (SSSR count). The topological polar surface area (TPSA) is 75.4 Å². The number of likely N-dealkylation sites (tertiary alicyclic amines) is 1. The van der Waals surface area contributed by atoms with Gasteiger partial charge in [0.2, 0.25) is 5.91 Å². The summed E-state index contributed by atoms with van der Waals surface area (Å²) in [6, 6.07) is 9.33. The Morgan fingerprint density at radius 2 is 1.79 bits per heavy atom. The van der Waals surface area contributed by atoms with Crippen molar-refractivity contribution in [2.75, 3.05) is 19.6 Å². The highest BCUT2D eigenvalue weighted by Gasteiger charge is 2.42. The summed E-state index contributed by atoms with van der Waals surface area (Å²) in [5.74, 6) is 0.654. The van der Waals surface area contributed by atoms with E-state index in [1.165, 1.54) is 0 Å². The van der Waals surface area contributed by atoms with E-state index in [-0.39, 0.29) is 23.3 Å². The van der Waals surface area contributed by atoms with Gasteiger partial charge in [-0.15, -0.1) is 0 Å². The van der Waals surface area contributed by atoms with Crippen molar-refractivity contribution in [2.45, 2.75) is 38.1 Å². The van der Waals surface area contributed by atoms with Crippen LogP contribution in [-0.4, -0.2) is 41.9 Å². The molecule has 5 heteroatoms. The van der Waals surface area contributed by atoms with Crippen LogP contribution in [0.5, 0.6) is 0 Å². The molecule has 1 aromatic carbocycles. The van der Waals surface area contributed by atoms with Crippen LogP contribution in [-0.2, 0) is 4.79 Å². The predicted molar refractivity (Wildman–Crippen MR) is 93.4 cm³/mol. The Bertz CT molecular complexity index is 592. The van der Waals surface area contributed by atoms with Crippen LogP contribution >= 0.6 is 0 Å². The first kappa shape index (κ1) is 17.0. The molecule has 2 fully saturated rings. The van der Waals surface area contributed by atoms with E-state index in [9.17, 15) is 9.59 Å². The lowest BCUT2D eigenvalue weighted by Gasteiger charge is -2.35. The first-order valence-electron chi connectivity index (χ1n) is 8.90. The van der Waals surface area contributed by atoms with Crippen molar-refractivity contribution < 1.29 is 9.59 Å². The smallest absolute Gasteiger partial charge is 0.253 e. The SMILES string of the molecule is CC(CN)(NC(=O)C1CCN(C(=O)c2ccccc2)CC1)C1CC1. The third kappa shape index (κ3) is 3.61. The van der Waals surface area contributed by atoms with Gasteiger partial charge in [-0.2, -0.15) is 0 Å². The van der Waals surface area contributed by atoms with Crippen LogP contribution in [0.4, 0.5) is 0 Å². The van der Waals surface area contributed by atoms with Crippen molar-refractivity contribution in [1.82, 2.24) is 10.2 Å². The number of benzene rings is 1. The normalized spacial score (nSPS) is 21.2. The molecule has 1 saturated carbocycles. The fourth-order valence-corrected chi connectivity index (χ4v) is 3.53. The number of rotatable bonds is 5. The maximum absolute atomic E-state index is 12.6. The van der Waals surface area contributed by atoms with Crippen LogP contribution in [0.25, 0.3) is 0 Å². The van der Waals surface area contributed by atoms with Crippen LogP contribution in [0.15, 0.2) is 30.3 Å². The van der Waals surface area contributed by atoms with Crippen LogP contribution < -0.4 is 11.1 Å². The Kier molecular flexibility index (Phi) is 4.90. The van der Waals surface area contributed by atoms with Gasteiger partial charge in [0.15, 0.2) is 0 Å². The van der Waals surface area contributed by atoms with Crippen molar-refractivity contribution in [3.8, 4) is 0 Å². The van der Waals surface area contributed by atoms with E-state index in [0.29, 0.717) is 31.1 Å². The zero-order valence-corrected chi connectivity index (χ0v) is 14.3. The number of nitrogens with two attached hydrogens (primary N) is 1. The number of carbonyl (C=O) groups excluding carboxylic acids is 2. The van der Waals surface area contributed by atoms with Gasteiger partial charge in [0.05, 0.1) is 5.54 Å². The number of hydrogen-bond acceptors (Lipinski definition) is 3. The van der Waals surface area contributed by atoms with E-state index < -0.39 is 0 Å². The molecule has 1 aromatic rings. The molecule has 1 aliphatic carbocycles. The van der Waals surface area contributed by atoms with Gasteiger partial charge in [0, 0.05) is 31.1 Å². The minimum Gasteiger partial charge on any atom is -0.349 e. The van der Waals surface area contributed by atoms with Gasteiger partial charge >= 0.3 is 0 Å². The Morgan fingerprint density at radius 3 is 2.33 bits per heavy atom. The van der Waals surface area contributed by atoms with E-state index in [0.717, 1.165) is 25.7 Å². The van der Waals surface area contributed by atoms with E-state index in [2.05, 4.69) is 12.2 Å². The molecule has 0 bridgehead atoms. The summed E-state index contributed by atoms with van der Waals surface area (Å²) in [4.78, 5) is 26.9. The Morgan fingerprint density at radius 1 is 1.17 bits per heavy atom. The highest BCUT2D eigenvalue weighted by Crippen LogP contribution is 2.39. The van der Waals surface area contributed by atoms with Gasteiger partial charge in [-0.25, -0.2) is 0 Å². The molecule has 5 nitrogen and oxygen atoms in total. The average Bonchev–Trinajstić information content (AvgIpc) is 3.47. The van der Waals surface area contributed by atoms with Crippen molar-refractivity contribution >= 4 is 11.8 Å². The first-order valence-corrected chi connectivity index (χ1v) is 8.90. The van der Waals surface area contributed by atoms with Gasteiger partial charge in [-0.1, -0.05) is 18.2 Å².